The second-order valence-electron chi connectivity index (χ2n) is 5.63. The lowest BCUT2D eigenvalue weighted by atomic mass is 10.2. The summed E-state index contributed by atoms with van der Waals surface area (Å²) in [6.07, 6.45) is 0. The summed E-state index contributed by atoms with van der Waals surface area (Å²) in [6.45, 7) is 1.92. The molecule has 5 nitrogen and oxygen atoms in total. The van der Waals surface area contributed by atoms with Gasteiger partial charge < -0.3 is 14.0 Å². The van der Waals surface area contributed by atoms with Gasteiger partial charge in [0.15, 0.2) is 11.6 Å². The Labute approximate surface area is 160 Å². The number of carbonyl (C=O) groups excluding carboxylic acids is 1. The number of nitrogens with zero attached hydrogens (tertiary/aromatic N) is 1. The lowest BCUT2D eigenvalue weighted by Crippen LogP contribution is -2.13. The lowest BCUT2D eigenvalue weighted by Gasteiger charge is -2.10. The van der Waals surface area contributed by atoms with Gasteiger partial charge in [-0.2, -0.15) is 0 Å². The molecule has 0 aliphatic carbocycles. The smallest absolute Gasteiger partial charge is 0.339 e. The van der Waals surface area contributed by atoms with Gasteiger partial charge in [0, 0.05) is 16.7 Å². The van der Waals surface area contributed by atoms with E-state index >= 15 is 0 Å². The highest BCUT2D eigenvalue weighted by Crippen LogP contribution is 2.26. The van der Waals surface area contributed by atoms with Crippen LogP contribution in [0.15, 0.2) is 64.0 Å². The van der Waals surface area contributed by atoms with Gasteiger partial charge in [-0.3, -0.25) is 0 Å². The third-order valence-electron chi connectivity index (χ3n) is 3.57. The fraction of sp³-hybridized carbons (Fsp3) is 0.200. The zero-order chi connectivity index (χ0) is 19.1. The number of ether oxygens (including phenoxy) is 2. The summed E-state index contributed by atoms with van der Waals surface area (Å²) >= 11 is 1.48. The molecule has 0 saturated heterocycles. The number of hydrogen-bond acceptors (Lipinski definition) is 6. The standard InChI is InChI=1S/C20H18FNO4S/c1-14-12-15(22-26-14)13-27-19-9-5-2-6-16(19)20(23)25-11-10-24-18-8-4-3-7-17(18)21/h2-9,12H,10-11,13H2,1H3. The van der Waals surface area contributed by atoms with E-state index in [2.05, 4.69) is 5.16 Å². The number of thioether (sulfide) groups is 1. The van der Waals surface area contributed by atoms with Crippen LogP contribution < -0.4 is 4.74 Å². The van der Waals surface area contributed by atoms with Crippen LogP contribution >= 0.6 is 11.8 Å². The molecule has 0 aliphatic rings. The molecule has 0 atom stereocenters. The number of para-hydroxylation sites is 1. The highest BCUT2D eigenvalue weighted by atomic mass is 32.2. The predicted molar refractivity (Wildman–Crippen MR) is 99.4 cm³/mol. The van der Waals surface area contributed by atoms with Gasteiger partial charge in [0.2, 0.25) is 0 Å². The lowest BCUT2D eigenvalue weighted by molar-refractivity contribution is 0.0444. The van der Waals surface area contributed by atoms with Crippen LogP contribution in [0.5, 0.6) is 5.75 Å². The van der Waals surface area contributed by atoms with E-state index in [0.29, 0.717) is 11.3 Å². The maximum absolute atomic E-state index is 13.5. The van der Waals surface area contributed by atoms with Crippen LogP contribution in [0.2, 0.25) is 0 Å². The largest absolute Gasteiger partial charge is 0.487 e. The summed E-state index contributed by atoms with van der Waals surface area (Å²) in [5, 5.41) is 3.94. The molecule has 3 rings (SSSR count). The molecule has 0 N–H and O–H groups in total. The van der Waals surface area contributed by atoms with E-state index in [-0.39, 0.29) is 19.0 Å². The molecular formula is C20H18FNO4S. The highest BCUT2D eigenvalue weighted by molar-refractivity contribution is 7.98. The molecular weight excluding hydrogens is 369 g/mol. The van der Waals surface area contributed by atoms with Crippen molar-refractivity contribution in [1.29, 1.82) is 0 Å². The van der Waals surface area contributed by atoms with Crippen molar-refractivity contribution in [3.63, 3.8) is 0 Å². The third kappa shape index (κ3) is 5.34. The first-order valence-electron chi connectivity index (χ1n) is 8.32. The van der Waals surface area contributed by atoms with Crippen LogP contribution in [0, 0.1) is 12.7 Å². The second kappa shape index (κ2) is 9.23. The molecule has 0 spiro atoms. The fourth-order valence-corrected chi connectivity index (χ4v) is 3.25. The highest BCUT2D eigenvalue weighted by Gasteiger charge is 2.14. The second-order valence-corrected chi connectivity index (χ2v) is 6.65. The molecule has 0 unspecified atom stereocenters. The minimum atomic E-state index is -0.452. The van der Waals surface area contributed by atoms with Crippen LogP contribution in [0.1, 0.15) is 21.8 Å². The van der Waals surface area contributed by atoms with Crippen molar-refractivity contribution >= 4 is 17.7 Å². The van der Waals surface area contributed by atoms with Crippen molar-refractivity contribution in [3.05, 3.63) is 77.4 Å². The van der Waals surface area contributed by atoms with Crippen molar-refractivity contribution in [3.8, 4) is 5.75 Å². The van der Waals surface area contributed by atoms with Crippen molar-refractivity contribution in [1.82, 2.24) is 5.16 Å². The van der Waals surface area contributed by atoms with Crippen LogP contribution in [0.25, 0.3) is 0 Å². The molecule has 0 fully saturated rings. The van der Waals surface area contributed by atoms with Gasteiger partial charge in [0.05, 0.1) is 11.3 Å². The van der Waals surface area contributed by atoms with Crippen LogP contribution in [-0.4, -0.2) is 24.3 Å². The summed E-state index contributed by atoms with van der Waals surface area (Å²) in [7, 11) is 0. The van der Waals surface area contributed by atoms with E-state index in [9.17, 15) is 9.18 Å². The first kappa shape index (κ1) is 19.0. The van der Waals surface area contributed by atoms with Crippen molar-refractivity contribution in [2.75, 3.05) is 13.2 Å². The molecule has 0 saturated carbocycles. The summed E-state index contributed by atoms with van der Waals surface area (Å²) in [4.78, 5) is 13.1. The molecule has 0 aliphatic heterocycles. The molecule has 140 valence electrons. The summed E-state index contributed by atoms with van der Waals surface area (Å²) < 4.78 is 29.1. The quantitative estimate of drug-likeness (QED) is 0.319. The van der Waals surface area contributed by atoms with Gasteiger partial charge in [-0.25, -0.2) is 9.18 Å². The Kier molecular flexibility index (Phi) is 6.49. The van der Waals surface area contributed by atoms with E-state index in [4.69, 9.17) is 14.0 Å². The Bertz CT molecular complexity index is 912. The summed E-state index contributed by atoms with van der Waals surface area (Å²) in [6, 6.07) is 15.1. The van der Waals surface area contributed by atoms with E-state index in [1.807, 2.05) is 25.1 Å². The minimum absolute atomic E-state index is 0.0225. The molecule has 27 heavy (non-hydrogen) atoms. The van der Waals surface area contributed by atoms with Gasteiger partial charge in [-0.15, -0.1) is 11.8 Å². The maximum Gasteiger partial charge on any atom is 0.339 e. The van der Waals surface area contributed by atoms with Crippen LogP contribution in [0.3, 0.4) is 0 Å². The number of esters is 1. The number of benzene rings is 2. The maximum atomic E-state index is 13.5. The Balaban J connectivity index is 1.52. The summed E-state index contributed by atoms with van der Waals surface area (Å²) in [5.74, 6) is 0.554. The molecule has 0 radical (unpaired) electrons. The molecule has 1 aromatic heterocycles. The zero-order valence-electron chi connectivity index (χ0n) is 14.7. The van der Waals surface area contributed by atoms with E-state index in [0.717, 1.165) is 16.3 Å². The number of hydrogen-bond donors (Lipinski definition) is 0. The number of aromatic nitrogens is 1. The predicted octanol–water partition coefficient (Wildman–Crippen LogP) is 4.65. The van der Waals surface area contributed by atoms with E-state index in [1.54, 1.807) is 24.3 Å². The zero-order valence-corrected chi connectivity index (χ0v) is 15.5. The van der Waals surface area contributed by atoms with Gasteiger partial charge in [-0.1, -0.05) is 29.4 Å². The SMILES string of the molecule is Cc1cc(CSc2ccccc2C(=O)OCCOc2ccccc2F)no1. The Morgan fingerprint density at radius 1 is 1.15 bits per heavy atom. The Morgan fingerprint density at radius 2 is 1.93 bits per heavy atom. The average molecular weight is 387 g/mol. The first-order valence-corrected chi connectivity index (χ1v) is 9.30. The third-order valence-corrected chi connectivity index (χ3v) is 4.68. The average Bonchev–Trinajstić information content (AvgIpc) is 3.10. The van der Waals surface area contributed by atoms with Crippen molar-refractivity contribution in [2.45, 2.75) is 17.6 Å². The molecule has 1 heterocycles. The normalized spacial score (nSPS) is 10.6. The van der Waals surface area contributed by atoms with E-state index < -0.39 is 11.8 Å². The Morgan fingerprint density at radius 3 is 2.70 bits per heavy atom. The molecule has 2 aromatic carbocycles. The summed E-state index contributed by atoms with van der Waals surface area (Å²) in [5.41, 5.74) is 1.27. The van der Waals surface area contributed by atoms with Gasteiger partial charge in [0.25, 0.3) is 0 Å². The number of rotatable bonds is 8. The van der Waals surface area contributed by atoms with Crippen molar-refractivity contribution in [2.24, 2.45) is 0 Å². The Hall–Kier alpha value is -2.80. The molecule has 0 bridgehead atoms. The number of halogens is 1. The molecule has 3 aromatic rings. The molecule has 0 amide bonds. The fourth-order valence-electron chi connectivity index (χ4n) is 2.32. The number of aryl methyl sites for hydroxylation is 1. The topological polar surface area (TPSA) is 61.6 Å². The van der Waals surface area contributed by atoms with E-state index in [1.165, 1.54) is 23.9 Å². The molecule has 7 heteroatoms. The minimum Gasteiger partial charge on any atom is -0.487 e. The van der Waals surface area contributed by atoms with Crippen molar-refractivity contribution < 1.29 is 23.2 Å². The van der Waals surface area contributed by atoms with Gasteiger partial charge >= 0.3 is 5.97 Å². The number of carbonyl (C=O) groups is 1. The van der Waals surface area contributed by atoms with Gasteiger partial charge in [0.1, 0.15) is 19.0 Å². The van der Waals surface area contributed by atoms with Crippen LogP contribution in [-0.2, 0) is 10.5 Å². The van der Waals surface area contributed by atoms with Gasteiger partial charge in [-0.05, 0) is 31.2 Å². The van der Waals surface area contributed by atoms with Crippen LogP contribution in [0.4, 0.5) is 4.39 Å². The monoisotopic (exact) mass is 387 g/mol. The first-order chi connectivity index (χ1) is 13.1.